The number of rotatable bonds is 4. The summed E-state index contributed by atoms with van der Waals surface area (Å²) in [6.45, 7) is 1.38. The van der Waals surface area contributed by atoms with Crippen molar-refractivity contribution in [1.82, 2.24) is 15.6 Å². The van der Waals surface area contributed by atoms with Crippen LogP contribution >= 0.6 is 11.8 Å². The van der Waals surface area contributed by atoms with Crippen LogP contribution in [-0.4, -0.2) is 42.3 Å². The molecule has 7 nitrogen and oxygen atoms in total. The van der Waals surface area contributed by atoms with E-state index >= 15 is 0 Å². The Labute approximate surface area is 120 Å². The molecule has 8 heteroatoms. The lowest BCUT2D eigenvalue weighted by atomic mass is 10.3. The van der Waals surface area contributed by atoms with Crippen LogP contribution in [0.25, 0.3) is 0 Å². The number of nitrogens with zero attached hydrogens (tertiary/aromatic N) is 1. The molecular weight excluding hydrogens is 282 g/mol. The number of nitrogens with one attached hydrogen (secondary N) is 2. The third kappa shape index (κ3) is 4.23. The summed E-state index contributed by atoms with van der Waals surface area (Å²) < 4.78 is 5.00. The van der Waals surface area contributed by atoms with E-state index < -0.39 is 24.0 Å². The molecule has 0 bridgehead atoms. The van der Waals surface area contributed by atoms with Crippen LogP contribution in [-0.2, 0) is 9.53 Å². The van der Waals surface area contributed by atoms with E-state index in [0.29, 0.717) is 5.03 Å². The molecule has 0 unspecified atom stereocenters. The molecule has 1 heterocycles. The van der Waals surface area contributed by atoms with E-state index in [0.717, 1.165) is 0 Å². The van der Waals surface area contributed by atoms with Crippen LogP contribution in [0.3, 0.4) is 0 Å². The van der Waals surface area contributed by atoms with Gasteiger partial charge in [-0.15, -0.1) is 11.8 Å². The number of pyridine rings is 1. The molecule has 1 aromatic rings. The number of amides is 3. The number of esters is 1. The van der Waals surface area contributed by atoms with Crippen LogP contribution in [0, 0.1) is 0 Å². The summed E-state index contributed by atoms with van der Waals surface area (Å²) in [4.78, 5) is 38.5. The van der Waals surface area contributed by atoms with Crippen molar-refractivity contribution in [3.8, 4) is 0 Å². The molecule has 0 saturated heterocycles. The summed E-state index contributed by atoms with van der Waals surface area (Å²) in [5.74, 6) is -1.37. The molecule has 0 saturated carbocycles. The first-order valence-electron chi connectivity index (χ1n) is 5.72. The molecule has 0 aliphatic heterocycles. The predicted molar refractivity (Wildman–Crippen MR) is 73.5 cm³/mol. The number of imide groups is 1. The second-order valence-electron chi connectivity index (χ2n) is 3.68. The van der Waals surface area contributed by atoms with Crippen molar-refractivity contribution in [2.45, 2.75) is 18.1 Å². The molecule has 20 heavy (non-hydrogen) atoms. The Balaban J connectivity index is 2.70. The van der Waals surface area contributed by atoms with Crippen molar-refractivity contribution >= 4 is 29.7 Å². The van der Waals surface area contributed by atoms with Crippen LogP contribution in [0.15, 0.2) is 23.4 Å². The van der Waals surface area contributed by atoms with Crippen molar-refractivity contribution in [3.63, 3.8) is 0 Å². The second kappa shape index (κ2) is 7.49. The van der Waals surface area contributed by atoms with Gasteiger partial charge in [0.1, 0.15) is 5.03 Å². The van der Waals surface area contributed by atoms with Gasteiger partial charge in [-0.2, -0.15) is 0 Å². The monoisotopic (exact) mass is 297 g/mol. The first-order valence-corrected chi connectivity index (χ1v) is 6.94. The molecule has 0 aromatic carbocycles. The first kappa shape index (κ1) is 16.0. The summed E-state index contributed by atoms with van der Waals surface area (Å²) in [5, 5.41) is 4.77. The Kier molecular flexibility index (Phi) is 5.98. The quantitative estimate of drug-likeness (QED) is 0.630. The fraction of sp³-hybridized carbons (Fsp3) is 0.333. The van der Waals surface area contributed by atoms with Gasteiger partial charge in [0, 0.05) is 13.2 Å². The lowest BCUT2D eigenvalue weighted by Crippen LogP contribution is -2.43. The highest BCUT2D eigenvalue weighted by atomic mass is 32.2. The van der Waals surface area contributed by atoms with Gasteiger partial charge in [0.2, 0.25) is 0 Å². The lowest BCUT2D eigenvalue weighted by molar-refractivity contribution is -0.127. The third-order valence-corrected chi connectivity index (χ3v) is 3.01. The Hall–Kier alpha value is -2.09. The predicted octanol–water partition coefficient (Wildman–Crippen LogP) is 0.804. The van der Waals surface area contributed by atoms with Gasteiger partial charge >= 0.3 is 12.0 Å². The number of aromatic nitrogens is 1. The number of carbonyl (C=O) groups is 3. The van der Waals surface area contributed by atoms with Gasteiger partial charge < -0.3 is 10.1 Å². The number of carbonyl (C=O) groups excluding carboxylic acids is 3. The molecule has 1 rings (SSSR count). The van der Waals surface area contributed by atoms with Gasteiger partial charge in [-0.05, 0) is 25.3 Å². The fourth-order valence-electron chi connectivity index (χ4n) is 1.26. The third-order valence-electron chi connectivity index (χ3n) is 2.30. The molecule has 0 radical (unpaired) electrons. The van der Waals surface area contributed by atoms with E-state index in [1.165, 1.54) is 25.7 Å². The average molecular weight is 297 g/mol. The summed E-state index contributed by atoms with van der Waals surface area (Å²) >= 11 is 1.30. The van der Waals surface area contributed by atoms with Gasteiger partial charge in [-0.25, -0.2) is 14.6 Å². The van der Waals surface area contributed by atoms with Crippen LogP contribution in [0.1, 0.15) is 17.3 Å². The van der Waals surface area contributed by atoms with E-state index in [9.17, 15) is 14.4 Å². The van der Waals surface area contributed by atoms with E-state index in [1.54, 1.807) is 24.6 Å². The van der Waals surface area contributed by atoms with Gasteiger partial charge in [-0.3, -0.25) is 10.1 Å². The van der Waals surface area contributed by atoms with E-state index in [1.807, 2.05) is 5.32 Å². The number of urea groups is 1. The second-order valence-corrected chi connectivity index (χ2v) is 4.47. The zero-order chi connectivity index (χ0) is 15.1. The summed E-state index contributed by atoms with van der Waals surface area (Å²) in [7, 11) is 1.37. The number of ether oxygens (including phenoxy) is 1. The maximum absolute atomic E-state index is 11.9. The molecule has 1 atom stereocenters. The Morgan fingerprint density at radius 3 is 2.70 bits per heavy atom. The Morgan fingerprint density at radius 1 is 1.40 bits per heavy atom. The minimum atomic E-state index is -1.09. The highest BCUT2D eigenvalue weighted by molar-refractivity contribution is 7.98. The molecule has 0 fully saturated rings. The van der Waals surface area contributed by atoms with Crippen molar-refractivity contribution in [3.05, 3.63) is 23.9 Å². The topological polar surface area (TPSA) is 97.4 Å². The maximum atomic E-state index is 11.9. The van der Waals surface area contributed by atoms with Gasteiger partial charge in [0.05, 0.1) is 5.56 Å². The number of hydrogen-bond acceptors (Lipinski definition) is 6. The summed E-state index contributed by atoms with van der Waals surface area (Å²) in [6.07, 6.45) is 2.25. The zero-order valence-corrected chi connectivity index (χ0v) is 12.1. The maximum Gasteiger partial charge on any atom is 0.341 e. The molecule has 2 N–H and O–H groups in total. The highest BCUT2D eigenvalue weighted by Gasteiger charge is 2.22. The Bertz CT molecular complexity index is 521. The lowest BCUT2D eigenvalue weighted by Gasteiger charge is -2.13. The fourth-order valence-corrected chi connectivity index (χ4v) is 1.80. The number of thioether (sulfide) groups is 1. The van der Waals surface area contributed by atoms with Crippen molar-refractivity contribution < 1.29 is 19.1 Å². The minimum Gasteiger partial charge on any atom is -0.449 e. The largest absolute Gasteiger partial charge is 0.449 e. The smallest absolute Gasteiger partial charge is 0.341 e. The Morgan fingerprint density at radius 2 is 2.10 bits per heavy atom. The van der Waals surface area contributed by atoms with E-state index in [4.69, 9.17) is 4.74 Å². The van der Waals surface area contributed by atoms with Gasteiger partial charge in [-0.1, -0.05) is 0 Å². The molecule has 0 aliphatic rings. The van der Waals surface area contributed by atoms with Crippen LogP contribution in [0.2, 0.25) is 0 Å². The minimum absolute atomic E-state index is 0.277. The van der Waals surface area contributed by atoms with Crippen molar-refractivity contribution in [1.29, 1.82) is 0 Å². The molecule has 108 valence electrons. The zero-order valence-electron chi connectivity index (χ0n) is 11.3. The molecule has 1 aromatic heterocycles. The van der Waals surface area contributed by atoms with E-state index in [-0.39, 0.29) is 5.56 Å². The van der Waals surface area contributed by atoms with Crippen LogP contribution in [0.5, 0.6) is 0 Å². The van der Waals surface area contributed by atoms with E-state index in [2.05, 4.69) is 10.3 Å². The molecule has 3 amide bonds. The van der Waals surface area contributed by atoms with Crippen LogP contribution in [0.4, 0.5) is 4.79 Å². The molecular formula is C12H15N3O4S. The standard InChI is InChI=1S/C12H15N3O4S/c1-7(9(16)15-12(18)13-2)19-11(17)8-5-4-6-14-10(8)20-3/h4-7H,1-3H3,(H2,13,15,16,18)/t7-/m0/s1. The summed E-state index contributed by atoms with van der Waals surface area (Å²) in [5.41, 5.74) is 0.277. The molecule has 0 aliphatic carbocycles. The van der Waals surface area contributed by atoms with Gasteiger partial charge in [0.25, 0.3) is 5.91 Å². The number of hydrogen-bond donors (Lipinski definition) is 2. The highest BCUT2D eigenvalue weighted by Crippen LogP contribution is 2.18. The van der Waals surface area contributed by atoms with Crippen LogP contribution < -0.4 is 10.6 Å². The normalized spacial score (nSPS) is 11.3. The SMILES string of the molecule is CNC(=O)NC(=O)[C@H](C)OC(=O)c1cccnc1SC. The van der Waals surface area contributed by atoms with Crippen molar-refractivity contribution in [2.75, 3.05) is 13.3 Å². The molecule has 0 spiro atoms. The average Bonchev–Trinajstić information content (AvgIpc) is 2.46. The summed E-state index contributed by atoms with van der Waals surface area (Å²) in [6, 6.07) is 2.50. The van der Waals surface area contributed by atoms with Crippen molar-refractivity contribution in [2.24, 2.45) is 0 Å². The first-order chi connectivity index (χ1) is 9.49. The van der Waals surface area contributed by atoms with Gasteiger partial charge in [0.15, 0.2) is 6.10 Å².